The number of H-pyrrole nitrogens is 1. The van der Waals surface area contributed by atoms with Crippen molar-refractivity contribution >= 4 is 11.8 Å². The quantitative estimate of drug-likeness (QED) is 0.490. The van der Waals surface area contributed by atoms with Gasteiger partial charge in [-0.25, -0.2) is 0 Å². The van der Waals surface area contributed by atoms with Gasteiger partial charge < -0.3 is 17.2 Å². The maximum Gasteiger partial charge on any atom is 0.248 e. The summed E-state index contributed by atoms with van der Waals surface area (Å²) in [6.07, 6.45) is 1.00. The van der Waals surface area contributed by atoms with E-state index < -0.39 is 17.2 Å². The van der Waals surface area contributed by atoms with Crippen LogP contribution in [0.3, 0.4) is 0 Å². The number of carbonyl (C=O) groups excluding carboxylic acids is 2. The number of aromatic nitrogens is 4. The topological polar surface area (TPSA) is 167 Å². The lowest BCUT2D eigenvalue weighted by Crippen LogP contribution is -2.41. The lowest BCUT2D eigenvalue weighted by molar-refractivity contribution is 0.0992. The number of primary amides is 2. The number of nitrogens with one attached hydrogen (secondary N) is 1. The molecule has 4 rings (SSSR count). The van der Waals surface area contributed by atoms with Gasteiger partial charge in [0.25, 0.3) is 0 Å². The Kier molecular flexibility index (Phi) is 4.39. The van der Waals surface area contributed by atoms with Crippen molar-refractivity contribution in [3.8, 4) is 0 Å². The van der Waals surface area contributed by atoms with Gasteiger partial charge in [-0.1, -0.05) is 17.3 Å². The summed E-state index contributed by atoms with van der Waals surface area (Å²) in [5, 5.41) is 14.9. The fraction of sp³-hybridized carbons (Fsp3) is 0.250. The minimum atomic E-state index is -0.795. The number of hydrogen-bond donors (Lipinski definition) is 4. The number of amides is 2. The van der Waals surface area contributed by atoms with Gasteiger partial charge in [-0.2, -0.15) is 5.21 Å². The van der Waals surface area contributed by atoms with Gasteiger partial charge in [0.15, 0.2) is 5.82 Å². The number of carbonyl (C=O) groups is 2. The van der Waals surface area contributed by atoms with Crippen LogP contribution in [0.1, 0.15) is 62.1 Å². The van der Waals surface area contributed by atoms with Crippen molar-refractivity contribution in [2.24, 2.45) is 17.2 Å². The van der Waals surface area contributed by atoms with Gasteiger partial charge in [0.2, 0.25) is 11.8 Å². The molecule has 29 heavy (non-hydrogen) atoms. The van der Waals surface area contributed by atoms with E-state index in [1.165, 1.54) is 0 Å². The Hall–Kier alpha value is -3.59. The van der Waals surface area contributed by atoms with Crippen molar-refractivity contribution in [2.45, 2.75) is 31.2 Å². The number of hydrogen-bond acceptors (Lipinski definition) is 6. The maximum atomic E-state index is 11.7. The molecule has 2 aromatic carbocycles. The average molecular weight is 391 g/mol. The molecule has 0 fully saturated rings. The van der Waals surface area contributed by atoms with Crippen molar-refractivity contribution in [2.75, 3.05) is 0 Å². The lowest BCUT2D eigenvalue weighted by Gasteiger charge is -2.40. The van der Waals surface area contributed by atoms with Crippen molar-refractivity contribution in [3.05, 3.63) is 75.6 Å². The smallest absolute Gasteiger partial charge is 0.248 e. The number of fused-ring (bicyclic) bond motifs is 2. The molecule has 7 N–H and O–H groups in total. The number of benzene rings is 2. The Labute approximate surface area is 166 Å². The molecule has 0 unspecified atom stereocenters. The first-order valence-electron chi connectivity index (χ1n) is 9.19. The number of aromatic amines is 1. The number of nitrogens with zero attached hydrogens (tertiary/aromatic N) is 3. The molecule has 1 heterocycles. The average Bonchev–Trinajstić information content (AvgIpc) is 3.21. The Morgan fingerprint density at radius 2 is 1.62 bits per heavy atom. The standard InChI is InChI=1S/C20H21N7O2/c1-10(21)9-20(19-24-26-27-25-19)15-4-2-11(17(22)28)6-13(15)8-14-7-12(18(23)29)3-5-16(14)20/h2-7,10H,8-9,21H2,1H3,(H2,22,28)(H2,23,29)(H,24,25,26,27)/t10-/m1/s1. The molecule has 0 saturated heterocycles. The van der Waals surface area contributed by atoms with E-state index in [9.17, 15) is 9.59 Å². The predicted molar refractivity (Wildman–Crippen MR) is 105 cm³/mol. The summed E-state index contributed by atoms with van der Waals surface area (Å²) in [5.74, 6) is -0.556. The summed E-state index contributed by atoms with van der Waals surface area (Å²) in [4.78, 5) is 23.5. The van der Waals surface area contributed by atoms with Crippen LogP contribution in [0, 0.1) is 0 Å². The zero-order valence-electron chi connectivity index (χ0n) is 15.8. The first-order chi connectivity index (χ1) is 13.8. The predicted octanol–water partition coefficient (Wildman–Crippen LogP) is 0.373. The third kappa shape index (κ3) is 2.95. The van der Waals surface area contributed by atoms with Crippen LogP contribution in [0.5, 0.6) is 0 Å². The maximum absolute atomic E-state index is 11.7. The fourth-order valence-electron chi connectivity index (χ4n) is 4.35. The van der Waals surface area contributed by atoms with Crippen LogP contribution in [-0.2, 0) is 11.8 Å². The second-order valence-electron chi connectivity index (χ2n) is 7.47. The molecule has 0 spiro atoms. The van der Waals surface area contributed by atoms with Gasteiger partial charge in [0.1, 0.15) is 0 Å². The van der Waals surface area contributed by atoms with Gasteiger partial charge in [-0.15, -0.1) is 10.2 Å². The van der Waals surface area contributed by atoms with Crippen LogP contribution in [0.4, 0.5) is 0 Å². The van der Waals surface area contributed by atoms with Crippen LogP contribution in [0.15, 0.2) is 36.4 Å². The Morgan fingerprint density at radius 3 is 2.03 bits per heavy atom. The van der Waals surface area contributed by atoms with Crippen molar-refractivity contribution in [3.63, 3.8) is 0 Å². The van der Waals surface area contributed by atoms with Crippen molar-refractivity contribution in [1.29, 1.82) is 0 Å². The second kappa shape index (κ2) is 6.78. The molecule has 2 amide bonds. The summed E-state index contributed by atoms with van der Waals surface area (Å²) < 4.78 is 0. The third-order valence-electron chi connectivity index (χ3n) is 5.44. The molecule has 0 radical (unpaired) electrons. The van der Waals surface area contributed by atoms with Crippen molar-refractivity contribution in [1.82, 2.24) is 20.6 Å². The van der Waals surface area contributed by atoms with E-state index in [0.717, 1.165) is 22.3 Å². The summed E-state index contributed by atoms with van der Waals surface area (Å²) in [6.45, 7) is 1.91. The molecule has 3 aromatic rings. The van der Waals surface area contributed by atoms with Crippen LogP contribution in [0.2, 0.25) is 0 Å². The minimum Gasteiger partial charge on any atom is -0.366 e. The first-order valence-corrected chi connectivity index (χ1v) is 9.19. The highest BCUT2D eigenvalue weighted by atomic mass is 16.1. The molecule has 1 aliphatic carbocycles. The van der Waals surface area contributed by atoms with Gasteiger partial charge >= 0.3 is 0 Å². The van der Waals surface area contributed by atoms with Crippen LogP contribution in [0.25, 0.3) is 0 Å². The van der Waals surface area contributed by atoms with E-state index in [-0.39, 0.29) is 6.04 Å². The number of rotatable bonds is 5. The van der Waals surface area contributed by atoms with Gasteiger partial charge in [0, 0.05) is 17.2 Å². The molecule has 1 atom stereocenters. The van der Waals surface area contributed by atoms with Crippen molar-refractivity contribution < 1.29 is 9.59 Å². The normalized spacial score (nSPS) is 15.2. The van der Waals surface area contributed by atoms with E-state index in [0.29, 0.717) is 29.8 Å². The van der Waals surface area contributed by atoms with E-state index in [4.69, 9.17) is 17.2 Å². The summed E-state index contributed by atoms with van der Waals surface area (Å²) in [7, 11) is 0. The number of nitrogens with two attached hydrogens (primary N) is 3. The molecule has 9 nitrogen and oxygen atoms in total. The monoisotopic (exact) mass is 391 g/mol. The van der Waals surface area contributed by atoms with E-state index in [1.807, 2.05) is 19.1 Å². The minimum absolute atomic E-state index is 0.195. The zero-order chi connectivity index (χ0) is 20.8. The molecule has 1 aliphatic rings. The highest BCUT2D eigenvalue weighted by molar-refractivity contribution is 5.94. The molecule has 0 bridgehead atoms. The van der Waals surface area contributed by atoms with Gasteiger partial charge in [-0.05, 0) is 66.3 Å². The molecular formula is C20H21N7O2. The largest absolute Gasteiger partial charge is 0.366 e. The zero-order valence-corrected chi connectivity index (χ0v) is 15.8. The highest BCUT2D eigenvalue weighted by Gasteiger charge is 2.46. The third-order valence-corrected chi connectivity index (χ3v) is 5.44. The molecule has 1 aromatic heterocycles. The summed E-state index contributed by atoms with van der Waals surface area (Å²) in [6, 6.07) is 10.5. The van der Waals surface area contributed by atoms with Gasteiger partial charge in [0.05, 0.1) is 5.41 Å². The molecule has 0 aliphatic heterocycles. The highest BCUT2D eigenvalue weighted by Crippen LogP contribution is 2.48. The Balaban J connectivity index is 2.06. The van der Waals surface area contributed by atoms with Crippen LogP contribution in [-0.4, -0.2) is 38.5 Å². The second-order valence-corrected chi connectivity index (χ2v) is 7.47. The Morgan fingerprint density at radius 1 is 1.07 bits per heavy atom. The summed E-state index contributed by atoms with van der Waals surface area (Å²) >= 11 is 0. The lowest BCUT2D eigenvalue weighted by atomic mass is 9.63. The first kappa shape index (κ1) is 18.8. The molecule has 148 valence electrons. The molecule has 0 saturated carbocycles. The number of tetrazole rings is 1. The van der Waals surface area contributed by atoms with E-state index in [1.54, 1.807) is 24.3 Å². The van der Waals surface area contributed by atoms with Crippen LogP contribution >= 0.6 is 0 Å². The SMILES string of the molecule is C[C@@H](N)CC1(c2nn[nH]n2)c2ccc(C(N)=O)cc2Cc2cc(C(N)=O)ccc21. The molecule has 9 heteroatoms. The van der Waals surface area contributed by atoms with Crippen LogP contribution < -0.4 is 17.2 Å². The Bertz CT molecular complexity index is 1040. The fourth-order valence-corrected chi connectivity index (χ4v) is 4.35. The van der Waals surface area contributed by atoms with E-state index in [2.05, 4.69) is 20.6 Å². The molecular weight excluding hydrogens is 370 g/mol. The van der Waals surface area contributed by atoms with Gasteiger partial charge in [-0.3, -0.25) is 9.59 Å². The van der Waals surface area contributed by atoms with E-state index >= 15 is 0 Å². The summed E-state index contributed by atoms with van der Waals surface area (Å²) in [5.41, 5.74) is 20.9.